The van der Waals surface area contributed by atoms with Crippen molar-refractivity contribution in [1.29, 1.82) is 0 Å². The van der Waals surface area contributed by atoms with Gasteiger partial charge in [-0.25, -0.2) is 0 Å². The van der Waals surface area contributed by atoms with Crippen molar-refractivity contribution in [2.45, 2.75) is 36.5 Å². The number of hydrogen-bond donors (Lipinski definition) is 0. The van der Waals surface area contributed by atoms with Crippen molar-refractivity contribution in [3.63, 3.8) is 0 Å². The van der Waals surface area contributed by atoms with E-state index in [2.05, 4.69) is 140 Å². The van der Waals surface area contributed by atoms with E-state index < -0.39 is 0 Å². The summed E-state index contributed by atoms with van der Waals surface area (Å²) in [6, 6.07) is 38.6. The van der Waals surface area contributed by atoms with Crippen LogP contribution in [-0.2, 0) is 10.8 Å². The van der Waals surface area contributed by atoms with E-state index in [0.29, 0.717) is 10.8 Å². The van der Waals surface area contributed by atoms with Gasteiger partial charge in [-0.05, 0) is 121 Å². The molecule has 8 rings (SSSR count). The van der Waals surface area contributed by atoms with Gasteiger partial charge in [0.05, 0.1) is 0 Å². The summed E-state index contributed by atoms with van der Waals surface area (Å²) in [4.78, 5) is 2.37. The second-order valence-electron chi connectivity index (χ2n) is 11.5. The molecule has 0 aliphatic heterocycles. The predicted molar refractivity (Wildman–Crippen MR) is 159 cm³/mol. The normalized spacial score (nSPS) is 32.4. The Bertz CT molecular complexity index is 1390. The molecule has 3 heteroatoms. The maximum Gasteiger partial charge on any atom is 0.0462 e. The number of benzene rings is 4. The van der Waals surface area contributed by atoms with E-state index in [-0.39, 0.29) is 0 Å². The minimum absolute atomic E-state index is 0.346. The predicted octanol–water partition coefficient (Wildman–Crippen LogP) is 9.94. The fourth-order valence-corrected chi connectivity index (χ4v) is 10.4. The van der Waals surface area contributed by atoms with Gasteiger partial charge in [0.15, 0.2) is 0 Å². The van der Waals surface area contributed by atoms with Gasteiger partial charge in [-0.1, -0.05) is 74.3 Å². The van der Waals surface area contributed by atoms with E-state index in [1.54, 1.807) is 11.1 Å². The van der Waals surface area contributed by atoms with Crippen molar-refractivity contribution in [3.05, 3.63) is 123 Å². The SMILES string of the molecule is Brc1ccc(N(c2ccc(Br)cc2)c2ccc(C34C5CCC3C3CCC5C34c3ccccc3)cc2)cc1. The maximum absolute atomic E-state index is 3.61. The van der Waals surface area contributed by atoms with Gasteiger partial charge in [0.2, 0.25) is 0 Å². The van der Waals surface area contributed by atoms with E-state index in [1.165, 1.54) is 42.7 Å². The molecule has 184 valence electrons. The van der Waals surface area contributed by atoms with Crippen LogP contribution in [0.2, 0.25) is 0 Å². The Morgan fingerprint density at radius 1 is 0.459 bits per heavy atom. The van der Waals surface area contributed by atoms with Crippen LogP contribution in [0.5, 0.6) is 0 Å². The van der Waals surface area contributed by atoms with E-state index in [4.69, 9.17) is 0 Å². The molecule has 0 amide bonds. The van der Waals surface area contributed by atoms with Gasteiger partial charge in [-0.15, -0.1) is 0 Å². The van der Waals surface area contributed by atoms with E-state index in [1.807, 2.05) is 0 Å². The highest BCUT2D eigenvalue weighted by molar-refractivity contribution is 9.10. The van der Waals surface area contributed by atoms with Gasteiger partial charge in [-0.3, -0.25) is 0 Å². The first-order valence-corrected chi connectivity index (χ1v) is 15.2. The average Bonchev–Trinajstić information content (AvgIpc) is 3.24. The molecule has 4 fully saturated rings. The third-order valence-corrected chi connectivity index (χ3v) is 11.7. The molecule has 0 saturated heterocycles. The first kappa shape index (κ1) is 22.6. The molecule has 4 unspecified atom stereocenters. The van der Waals surface area contributed by atoms with Gasteiger partial charge < -0.3 is 4.90 Å². The first-order chi connectivity index (χ1) is 18.2. The third-order valence-electron chi connectivity index (χ3n) is 10.6. The summed E-state index contributed by atoms with van der Waals surface area (Å²) < 4.78 is 2.19. The van der Waals surface area contributed by atoms with E-state index >= 15 is 0 Å². The molecule has 0 N–H and O–H groups in total. The van der Waals surface area contributed by atoms with Crippen molar-refractivity contribution < 1.29 is 0 Å². The first-order valence-electron chi connectivity index (χ1n) is 13.6. The second-order valence-corrected chi connectivity index (χ2v) is 13.4. The van der Waals surface area contributed by atoms with Crippen molar-refractivity contribution in [3.8, 4) is 0 Å². The van der Waals surface area contributed by atoms with Crippen LogP contribution in [0.4, 0.5) is 17.1 Å². The van der Waals surface area contributed by atoms with Gasteiger partial charge in [0, 0.05) is 36.8 Å². The van der Waals surface area contributed by atoms with Crippen LogP contribution in [0, 0.1) is 23.7 Å². The van der Waals surface area contributed by atoms with Crippen molar-refractivity contribution in [2.75, 3.05) is 4.90 Å². The number of hydrogen-bond acceptors (Lipinski definition) is 1. The Labute approximate surface area is 236 Å². The van der Waals surface area contributed by atoms with Crippen LogP contribution in [-0.4, -0.2) is 0 Å². The molecular formula is C34H29Br2N. The molecule has 0 bridgehead atoms. The summed E-state index contributed by atoms with van der Waals surface area (Å²) in [5.41, 5.74) is 7.48. The molecule has 4 aliphatic rings. The summed E-state index contributed by atoms with van der Waals surface area (Å²) in [5.74, 6) is 3.47. The van der Waals surface area contributed by atoms with Crippen molar-refractivity contribution in [1.82, 2.24) is 0 Å². The minimum Gasteiger partial charge on any atom is -0.311 e. The quantitative estimate of drug-likeness (QED) is 0.217. The molecule has 4 saturated carbocycles. The summed E-state index contributed by atoms with van der Waals surface area (Å²) in [5, 5.41) is 0. The molecule has 0 spiro atoms. The zero-order valence-corrected chi connectivity index (χ0v) is 23.8. The zero-order chi connectivity index (χ0) is 24.8. The Morgan fingerprint density at radius 3 is 1.22 bits per heavy atom. The molecule has 37 heavy (non-hydrogen) atoms. The fraction of sp³-hybridized carbons (Fsp3) is 0.294. The lowest BCUT2D eigenvalue weighted by Gasteiger charge is -2.78. The molecular weight excluding hydrogens is 582 g/mol. The Kier molecular flexibility index (Phi) is 4.93. The lowest BCUT2D eigenvalue weighted by atomic mass is 9.24. The summed E-state index contributed by atoms with van der Waals surface area (Å²) >= 11 is 7.21. The van der Waals surface area contributed by atoms with E-state index in [9.17, 15) is 0 Å². The number of halogens is 2. The molecule has 4 aromatic rings. The molecule has 0 aromatic heterocycles. The van der Waals surface area contributed by atoms with Crippen LogP contribution in [0.1, 0.15) is 36.8 Å². The average molecular weight is 611 g/mol. The molecule has 1 nitrogen and oxygen atoms in total. The minimum atomic E-state index is 0.346. The largest absolute Gasteiger partial charge is 0.311 e. The highest BCUT2D eigenvalue weighted by Gasteiger charge is 2.88. The fourth-order valence-electron chi connectivity index (χ4n) is 9.85. The highest BCUT2D eigenvalue weighted by atomic mass is 79.9. The zero-order valence-electron chi connectivity index (χ0n) is 20.7. The van der Waals surface area contributed by atoms with E-state index in [0.717, 1.165) is 32.6 Å². The van der Waals surface area contributed by atoms with Crippen LogP contribution < -0.4 is 4.90 Å². The van der Waals surface area contributed by atoms with Crippen LogP contribution in [0.15, 0.2) is 112 Å². The number of rotatable bonds is 5. The van der Waals surface area contributed by atoms with Crippen LogP contribution >= 0.6 is 31.9 Å². The van der Waals surface area contributed by atoms with Gasteiger partial charge >= 0.3 is 0 Å². The van der Waals surface area contributed by atoms with Crippen molar-refractivity contribution in [2.24, 2.45) is 23.7 Å². The highest BCUT2D eigenvalue weighted by Crippen LogP contribution is 2.89. The van der Waals surface area contributed by atoms with Gasteiger partial charge in [0.1, 0.15) is 0 Å². The number of anilines is 3. The second kappa shape index (κ2) is 8.07. The van der Waals surface area contributed by atoms with Gasteiger partial charge in [-0.2, -0.15) is 0 Å². The Balaban J connectivity index is 1.23. The summed E-state index contributed by atoms with van der Waals surface area (Å²) in [6.07, 6.45) is 5.71. The van der Waals surface area contributed by atoms with Gasteiger partial charge in [0.25, 0.3) is 0 Å². The molecule has 0 heterocycles. The molecule has 4 aliphatic carbocycles. The number of nitrogens with zero attached hydrogens (tertiary/aromatic N) is 1. The summed E-state index contributed by atoms with van der Waals surface area (Å²) in [7, 11) is 0. The number of fused-ring (bicyclic) bond motifs is 2. The van der Waals surface area contributed by atoms with Crippen LogP contribution in [0.3, 0.4) is 0 Å². The Hall–Kier alpha value is -2.36. The molecule has 4 aromatic carbocycles. The summed E-state index contributed by atoms with van der Waals surface area (Å²) in [6.45, 7) is 0. The standard InChI is InChI=1S/C34H29Br2N/c35-24-8-14-27(15-9-24)37(28-16-10-25(36)11-17-28)26-12-6-23(7-13-26)34-31-20-21-32(34)30-19-18-29(31)33(30,34)22-4-2-1-3-5-22/h1-17,29-32H,18-21H2. The monoisotopic (exact) mass is 609 g/mol. The van der Waals surface area contributed by atoms with Crippen molar-refractivity contribution >= 4 is 48.9 Å². The molecule has 0 radical (unpaired) electrons. The lowest BCUT2D eigenvalue weighted by Crippen LogP contribution is -2.80. The maximum atomic E-state index is 3.61. The molecule has 4 atom stereocenters. The topological polar surface area (TPSA) is 3.24 Å². The smallest absolute Gasteiger partial charge is 0.0462 e. The lowest BCUT2D eigenvalue weighted by molar-refractivity contribution is -0.195. The third kappa shape index (κ3) is 2.75. The Morgan fingerprint density at radius 2 is 0.811 bits per heavy atom. The van der Waals surface area contributed by atoms with Crippen LogP contribution in [0.25, 0.3) is 0 Å².